The molecule has 1 aliphatic rings. The highest BCUT2D eigenvalue weighted by atomic mass is 16.2. The number of nitrogens with one attached hydrogen (secondary N) is 1. The molecule has 0 saturated heterocycles. The number of amides is 2. The largest absolute Gasteiger partial charge is 0.281 e. The maximum atomic E-state index is 12.3. The predicted octanol–water partition coefficient (Wildman–Crippen LogP) is 1.36. The van der Waals surface area contributed by atoms with E-state index in [1.54, 1.807) is 36.4 Å². The van der Waals surface area contributed by atoms with Gasteiger partial charge in [-0.25, -0.2) is 9.88 Å². The first-order chi connectivity index (χ1) is 9.20. The van der Waals surface area contributed by atoms with Crippen molar-refractivity contribution in [3.63, 3.8) is 0 Å². The molecule has 5 heteroatoms. The van der Waals surface area contributed by atoms with Crippen molar-refractivity contribution in [2.75, 3.05) is 4.90 Å². The van der Waals surface area contributed by atoms with E-state index < -0.39 is 11.8 Å². The number of fused-ring (bicyclic) bond motifs is 1. The summed E-state index contributed by atoms with van der Waals surface area (Å²) in [6.45, 7) is 0. The molecule has 2 heterocycles. The van der Waals surface area contributed by atoms with Gasteiger partial charge in [-0.1, -0.05) is 18.2 Å². The van der Waals surface area contributed by atoms with Gasteiger partial charge in [0, 0.05) is 6.20 Å². The summed E-state index contributed by atoms with van der Waals surface area (Å²) in [5.41, 5.74) is 0.799. The van der Waals surface area contributed by atoms with Crippen LogP contribution in [0.25, 0.3) is 0 Å². The number of rotatable bonds is 1. The summed E-state index contributed by atoms with van der Waals surface area (Å²) in [5.74, 6) is -0.829. The second-order valence-corrected chi connectivity index (χ2v) is 4.05. The highest BCUT2D eigenvalue weighted by molar-refractivity contribution is 6.34. The van der Waals surface area contributed by atoms with Gasteiger partial charge in [0.25, 0.3) is 11.8 Å². The molecule has 0 bridgehead atoms. The summed E-state index contributed by atoms with van der Waals surface area (Å²) in [5, 5.41) is 7.79. The number of carbonyl (C=O) groups excluding carboxylic acids is 2. The molecule has 0 radical (unpaired) electrons. The Morgan fingerprint density at radius 3 is 2.11 bits per heavy atom. The van der Waals surface area contributed by atoms with Crippen LogP contribution in [0.1, 0.15) is 20.7 Å². The minimum atomic E-state index is -0.415. The SMILES string of the molecule is N=c1nccccc1N1C(=O)c2ccccc2C1=O. The van der Waals surface area contributed by atoms with E-state index in [0.717, 1.165) is 4.90 Å². The summed E-state index contributed by atoms with van der Waals surface area (Å²) in [4.78, 5) is 29.4. The van der Waals surface area contributed by atoms with Crippen LogP contribution in [0, 0.1) is 5.41 Å². The lowest BCUT2D eigenvalue weighted by atomic mass is 10.1. The van der Waals surface area contributed by atoms with Gasteiger partial charge in [-0.3, -0.25) is 15.0 Å². The number of anilines is 1. The zero-order valence-corrected chi connectivity index (χ0v) is 9.83. The molecule has 19 heavy (non-hydrogen) atoms. The normalized spacial score (nSPS) is 13.6. The number of imide groups is 1. The number of carbonyl (C=O) groups is 2. The average molecular weight is 251 g/mol. The van der Waals surface area contributed by atoms with Gasteiger partial charge in [-0.15, -0.1) is 0 Å². The Hall–Kier alpha value is -2.82. The predicted molar refractivity (Wildman–Crippen MR) is 67.7 cm³/mol. The van der Waals surface area contributed by atoms with Crippen LogP contribution in [-0.4, -0.2) is 16.8 Å². The van der Waals surface area contributed by atoms with Crippen molar-refractivity contribution in [2.45, 2.75) is 0 Å². The van der Waals surface area contributed by atoms with Crippen molar-refractivity contribution >= 4 is 17.5 Å². The number of aromatic nitrogens is 1. The topological polar surface area (TPSA) is 74.1 Å². The van der Waals surface area contributed by atoms with Crippen molar-refractivity contribution < 1.29 is 9.59 Å². The van der Waals surface area contributed by atoms with E-state index in [0.29, 0.717) is 11.1 Å². The Morgan fingerprint density at radius 1 is 0.895 bits per heavy atom. The molecule has 0 unspecified atom stereocenters. The van der Waals surface area contributed by atoms with Crippen LogP contribution < -0.4 is 10.4 Å². The molecule has 1 aliphatic heterocycles. The number of nitrogens with zero attached hydrogens (tertiary/aromatic N) is 2. The van der Waals surface area contributed by atoms with Crippen LogP contribution in [0.3, 0.4) is 0 Å². The van der Waals surface area contributed by atoms with Crippen molar-refractivity contribution in [3.8, 4) is 0 Å². The molecule has 5 nitrogen and oxygen atoms in total. The van der Waals surface area contributed by atoms with E-state index in [9.17, 15) is 9.59 Å². The quantitative estimate of drug-likeness (QED) is 0.778. The van der Waals surface area contributed by atoms with Crippen LogP contribution >= 0.6 is 0 Å². The molecular weight excluding hydrogens is 242 g/mol. The molecular formula is C14H9N3O2. The third-order valence-corrected chi connectivity index (χ3v) is 2.93. The summed E-state index contributed by atoms with van der Waals surface area (Å²) >= 11 is 0. The number of hydrogen-bond acceptors (Lipinski definition) is 4. The van der Waals surface area contributed by atoms with Crippen LogP contribution in [0.2, 0.25) is 0 Å². The second-order valence-electron chi connectivity index (χ2n) is 4.05. The van der Waals surface area contributed by atoms with Gasteiger partial charge in [0.15, 0.2) is 5.49 Å². The number of benzene rings is 1. The van der Waals surface area contributed by atoms with Crippen molar-refractivity contribution in [3.05, 3.63) is 65.3 Å². The monoisotopic (exact) mass is 251 g/mol. The lowest BCUT2D eigenvalue weighted by molar-refractivity contribution is 0.0925. The highest BCUT2D eigenvalue weighted by Crippen LogP contribution is 2.25. The van der Waals surface area contributed by atoms with E-state index >= 15 is 0 Å². The molecule has 2 amide bonds. The van der Waals surface area contributed by atoms with Gasteiger partial charge in [0.1, 0.15) is 0 Å². The summed E-state index contributed by atoms with van der Waals surface area (Å²) in [7, 11) is 0. The Labute approximate surface area is 108 Å². The van der Waals surface area contributed by atoms with Crippen LogP contribution in [0.5, 0.6) is 0 Å². The highest BCUT2D eigenvalue weighted by Gasteiger charge is 2.36. The van der Waals surface area contributed by atoms with Crippen molar-refractivity contribution in [1.29, 1.82) is 5.41 Å². The van der Waals surface area contributed by atoms with Crippen molar-refractivity contribution in [1.82, 2.24) is 4.98 Å². The average Bonchev–Trinajstić information content (AvgIpc) is 2.57. The van der Waals surface area contributed by atoms with E-state index in [2.05, 4.69) is 4.98 Å². The van der Waals surface area contributed by atoms with Crippen LogP contribution in [0.15, 0.2) is 48.7 Å². The van der Waals surface area contributed by atoms with Gasteiger partial charge in [-0.05, 0) is 24.3 Å². The van der Waals surface area contributed by atoms with Gasteiger partial charge < -0.3 is 0 Å². The standard InChI is InChI=1S/C14H9N3O2/c15-12-11(7-3-4-8-16-12)17-13(18)9-5-1-2-6-10(9)14(17)19/h1-8,15H. The Kier molecular flexibility index (Phi) is 2.45. The minimum absolute atomic E-state index is 0.112. The minimum Gasteiger partial charge on any atom is -0.281 e. The molecule has 3 rings (SSSR count). The third-order valence-electron chi connectivity index (χ3n) is 2.93. The summed E-state index contributed by atoms with van der Waals surface area (Å²) < 4.78 is 0. The fraction of sp³-hybridized carbons (Fsp3) is 0. The summed E-state index contributed by atoms with van der Waals surface area (Å²) in [6.07, 6.45) is 1.45. The maximum absolute atomic E-state index is 12.3. The fourth-order valence-electron chi connectivity index (χ4n) is 2.05. The Bertz CT molecular complexity index is 720. The Balaban J connectivity index is 2.21. The molecule has 1 aromatic carbocycles. The lowest BCUT2D eigenvalue weighted by Gasteiger charge is -2.11. The first-order valence-electron chi connectivity index (χ1n) is 5.68. The molecule has 0 atom stereocenters. The molecule has 1 aromatic heterocycles. The summed E-state index contributed by atoms with van der Waals surface area (Å²) in [6, 6.07) is 11.4. The molecule has 1 N–H and O–H groups in total. The van der Waals surface area contributed by atoms with Crippen LogP contribution in [0.4, 0.5) is 5.69 Å². The first-order valence-corrected chi connectivity index (χ1v) is 5.68. The number of hydrogen-bond donors (Lipinski definition) is 1. The molecule has 2 aromatic rings. The van der Waals surface area contributed by atoms with E-state index in [1.165, 1.54) is 12.3 Å². The molecule has 92 valence electrons. The lowest BCUT2D eigenvalue weighted by Crippen LogP contribution is -2.33. The van der Waals surface area contributed by atoms with Gasteiger partial charge in [-0.2, -0.15) is 0 Å². The fourth-order valence-corrected chi connectivity index (χ4v) is 2.05. The Morgan fingerprint density at radius 2 is 1.47 bits per heavy atom. The first kappa shape index (κ1) is 11.3. The van der Waals surface area contributed by atoms with Gasteiger partial charge >= 0.3 is 0 Å². The zero-order chi connectivity index (χ0) is 13.4. The molecule has 0 aliphatic carbocycles. The van der Waals surface area contributed by atoms with E-state index in [4.69, 9.17) is 5.41 Å². The zero-order valence-electron chi connectivity index (χ0n) is 9.83. The van der Waals surface area contributed by atoms with E-state index in [1.807, 2.05) is 0 Å². The molecule has 0 fully saturated rings. The maximum Gasteiger partial charge on any atom is 0.266 e. The van der Waals surface area contributed by atoms with Gasteiger partial charge in [0.2, 0.25) is 0 Å². The third kappa shape index (κ3) is 1.63. The second kappa shape index (κ2) is 4.13. The smallest absolute Gasteiger partial charge is 0.266 e. The van der Waals surface area contributed by atoms with E-state index in [-0.39, 0.29) is 11.2 Å². The molecule has 0 saturated carbocycles. The van der Waals surface area contributed by atoms with Crippen molar-refractivity contribution in [2.24, 2.45) is 0 Å². The van der Waals surface area contributed by atoms with Crippen LogP contribution in [-0.2, 0) is 0 Å². The molecule has 0 spiro atoms. The van der Waals surface area contributed by atoms with Gasteiger partial charge in [0.05, 0.1) is 16.8 Å².